The summed E-state index contributed by atoms with van der Waals surface area (Å²) in [6.07, 6.45) is 2.32. The number of ether oxygens (including phenoxy) is 6. The largest absolute Gasteiger partial charge is 0.514 e. The zero-order valence-electron chi connectivity index (χ0n) is 40.9. The summed E-state index contributed by atoms with van der Waals surface area (Å²) in [5, 5.41) is 2.62. The van der Waals surface area contributed by atoms with Gasteiger partial charge in [-0.1, -0.05) is 19.9 Å². The fourth-order valence-electron chi connectivity index (χ4n) is 9.22. The number of rotatable bonds is 10. The third-order valence-corrected chi connectivity index (χ3v) is 12.2. The second-order valence-electron chi connectivity index (χ2n) is 22.5. The molecule has 1 aromatic heterocycles. The first kappa shape index (κ1) is 49.6. The van der Waals surface area contributed by atoms with E-state index in [0.717, 1.165) is 17.4 Å². The van der Waals surface area contributed by atoms with Crippen molar-refractivity contribution in [1.82, 2.24) is 19.8 Å². The van der Waals surface area contributed by atoms with Crippen LogP contribution in [0.4, 0.5) is 14.4 Å². The number of aromatic nitrogens is 2. The number of nitrogens with zero attached hydrogens (tertiary/aromatic N) is 3. The topological polar surface area (TPSA) is 192 Å². The van der Waals surface area contributed by atoms with Crippen LogP contribution < -0.4 is 14.8 Å². The van der Waals surface area contributed by atoms with E-state index in [0.29, 0.717) is 36.6 Å². The highest BCUT2D eigenvalue weighted by molar-refractivity contribution is 6.45. The smallest absolute Gasteiger partial charge is 0.487 e. The molecule has 18 heteroatoms. The number of aryl methyl sites for hydroxylation is 1. The number of alkyl carbamates (subject to hydrolysis) is 1. The molecule has 1 N–H and O–H groups in total. The Morgan fingerprint density at radius 3 is 2.14 bits per heavy atom. The molecule has 0 radical (unpaired) electrons. The summed E-state index contributed by atoms with van der Waals surface area (Å²) < 4.78 is 49.2. The number of hydrogen-bond donors (Lipinski definition) is 1. The summed E-state index contributed by atoms with van der Waals surface area (Å²) >= 11 is 0. The van der Waals surface area contributed by atoms with Crippen LogP contribution in [-0.2, 0) is 39.5 Å². The van der Waals surface area contributed by atoms with Gasteiger partial charge in [-0.3, -0.25) is 4.79 Å². The van der Waals surface area contributed by atoms with Crippen molar-refractivity contribution >= 4 is 37.3 Å². The van der Waals surface area contributed by atoms with Gasteiger partial charge in [-0.25, -0.2) is 28.7 Å². The van der Waals surface area contributed by atoms with E-state index in [1.54, 1.807) is 95.2 Å². The molecule has 5 fully saturated rings. The van der Waals surface area contributed by atoms with Gasteiger partial charge < -0.3 is 47.9 Å². The van der Waals surface area contributed by atoms with Crippen molar-refractivity contribution in [3.05, 3.63) is 41.5 Å². The summed E-state index contributed by atoms with van der Waals surface area (Å²) in [5.41, 5.74) is -3.31. The maximum atomic E-state index is 14.3. The van der Waals surface area contributed by atoms with E-state index >= 15 is 0 Å². The highest BCUT2D eigenvalue weighted by Gasteiger charge is 2.67. The Kier molecular flexibility index (Phi) is 13.6. The number of carbonyl (C=O) groups excluding carboxylic acids is 5. The van der Waals surface area contributed by atoms with Crippen LogP contribution in [0.15, 0.2) is 24.7 Å². The predicted octanol–water partition coefficient (Wildman–Crippen LogP) is 8.45. The van der Waals surface area contributed by atoms with Gasteiger partial charge in [0.15, 0.2) is 11.8 Å². The maximum absolute atomic E-state index is 14.3. The van der Waals surface area contributed by atoms with E-state index in [9.17, 15) is 24.0 Å². The minimum absolute atomic E-state index is 0.0226. The highest BCUT2D eigenvalue weighted by atomic mass is 16.7. The van der Waals surface area contributed by atoms with Crippen LogP contribution in [0.2, 0.25) is 6.32 Å². The third-order valence-electron chi connectivity index (χ3n) is 12.2. The molecule has 2 aromatic rings. The summed E-state index contributed by atoms with van der Waals surface area (Å²) in [6, 6.07) is 2.01. The van der Waals surface area contributed by atoms with Crippen LogP contribution in [-0.4, -0.2) is 105 Å². The fourth-order valence-corrected chi connectivity index (χ4v) is 9.22. The van der Waals surface area contributed by atoms with Gasteiger partial charge >= 0.3 is 31.4 Å². The van der Waals surface area contributed by atoms with Gasteiger partial charge in [-0.05, 0) is 144 Å². The second-order valence-corrected chi connectivity index (χ2v) is 22.5. The molecule has 2 bridgehead atoms. The van der Waals surface area contributed by atoms with Crippen molar-refractivity contribution in [2.24, 2.45) is 17.3 Å². The van der Waals surface area contributed by atoms with E-state index in [1.807, 2.05) is 0 Å². The minimum atomic E-state index is -1.35. The molecule has 2 aliphatic heterocycles. The van der Waals surface area contributed by atoms with E-state index < -0.39 is 77.5 Å². The number of likely N-dealkylation sites (tertiary alicyclic amines) is 1. The molecule has 7 rings (SSSR count). The fraction of sp³-hybridized carbons (Fsp3) is 0.702. The van der Waals surface area contributed by atoms with E-state index in [1.165, 1.54) is 17.4 Å². The van der Waals surface area contributed by atoms with Crippen molar-refractivity contribution < 1.29 is 61.7 Å². The van der Waals surface area contributed by atoms with E-state index in [-0.39, 0.29) is 47.4 Å². The van der Waals surface area contributed by atoms with Crippen LogP contribution in [0, 0.1) is 17.3 Å². The number of esters is 1. The molecule has 5 aliphatic rings. The maximum Gasteiger partial charge on any atom is 0.514 e. The van der Waals surface area contributed by atoms with Gasteiger partial charge in [0, 0.05) is 19.2 Å². The van der Waals surface area contributed by atoms with Crippen LogP contribution in [0.25, 0.3) is 0 Å². The van der Waals surface area contributed by atoms with E-state index in [2.05, 4.69) is 31.1 Å². The zero-order valence-corrected chi connectivity index (χ0v) is 40.9. The van der Waals surface area contributed by atoms with Crippen molar-refractivity contribution in [2.45, 2.75) is 182 Å². The normalized spacial score (nSPS) is 24.3. The summed E-state index contributed by atoms with van der Waals surface area (Å²) in [5.74, 6) is -0.393. The van der Waals surface area contributed by atoms with Gasteiger partial charge in [-0.15, -0.1) is 0 Å². The Balaban J connectivity index is 1.27. The molecule has 3 heterocycles. The van der Waals surface area contributed by atoms with Crippen LogP contribution >= 0.6 is 0 Å². The molecular formula is C47H69BN4O13. The van der Waals surface area contributed by atoms with Gasteiger partial charge in [0.05, 0.1) is 23.9 Å². The molecule has 1 unspecified atom stereocenters. The first-order valence-corrected chi connectivity index (χ1v) is 22.7. The van der Waals surface area contributed by atoms with Crippen LogP contribution in [0.3, 0.4) is 0 Å². The Labute approximate surface area is 383 Å². The van der Waals surface area contributed by atoms with Gasteiger partial charge in [0.2, 0.25) is 0 Å². The average molecular weight is 909 g/mol. The molecule has 1 aromatic carbocycles. The first-order valence-electron chi connectivity index (χ1n) is 22.7. The number of amides is 2. The van der Waals surface area contributed by atoms with Crippen molar-refractivity contribution in [3.63, 3.8) is 0 Å². The monoisotopic (exact) mass is 908 g/mol. The lowest BCUT2D eigenvalue weighted by Gasteiger charge is -2.64. The Morgan fingerprint density at radius 2 is 1.52 bits per heavy atom. The lowest BCUT2D eigenvalue weighted by molar-refractivity contribution is -0.199. The third kappa shape index (κ3) is 11.8. The molecular weight excluding hydrogens is 839 g/mol. The van der Waals surface area contributed by atoms with Crippen LogP contribution in [0.1, 0.15) is 151 Å². The van der Waals surface area contributed by atoms with Crippen LogP contribution in [0.5, 0.6) is 11.5 Å². The SMILES string of the molecule is CC(C)(C)OC(=O)NC(C(=O)N1CC[C@H](Oc2ccc(CCB3O[C@@H]4C[C@@H]5C[C@@H](C5(C)C)[C@]4(C)O3)c(OC(=O)OC(C)(C)C)c2C(=O)OC(C)(C)C)C1)c1cn(C(=O)OC(C)(C)C)cn1. The van der Waals surface area contributed by atoms with Gasteiger partial charge in [0.25, 0.3) is 5.91 Å². The highest BCUT2D eigenvalue weighted by Crippen LogP contribution is 2.65. The van der Waals surface area contributed by atoms with Gasteiger partial charge in [0.1, 0.15) is 46.1 Å². The van der Waals surface area contributed by atoms with Crippen molar-refractivity contribution in [3.8, 4) is 11.5 Å². The Hall–Kier alpha value is -4.84. The lowest BCUT2D eigenvalue weighted by atomic mass is 9.43. The quantitative estimate of drug-likeness (QED) is 0.103. The van der Waals surface area contributed by atoms with Crippen molar-refractivity contribution in [2.75, 3.05) is 13.1 Å². The number of hydrogen-bond acceptors (Lipinski definition) is 14. The second kappa shape index (κ2) is 17.8. The number of imidazole rings is 1. The van der Waals surface area contributed by atoms with E-state index in [4.69, 9.17) is 37.7 Å². The van der Waals surface area contributed by atoms with Gasteiger partial charge in [-0.2, -0.15) is 0 Å². The standard InChI is InChI=1S/C47H69BN4O13/c1-42(2,3)60-38(54)34-31(17-16-27(36(34)59-41(57)63-45(10,11)12)18-20-48-64-33-23-28-22-32(46(28,13)14)47(33,15)65-48)58-29-19-21-51(24-29)37(53)35(50-39(55)61-43(4,5)6)30-25-52(26-49-30)40(56)62-44(7,8)9/h16-17,25-26,28-29,32-33,35H,18-24H2,1-15H3,(H,50,55)/t28-,29-,32-,33+,35?,47-/m0/s1. The number of carbonyl (C=O) groups is 5. The molecule has 17 nitrogen and oxygen atoms in total. The number of benzene rings is 1. The summed E-state index contributed by atoms with van der Waals surface area (Å²) in [7, 11) is -0.517. The zero-order chi connectivity index (χ0) is 48.2. The first-order chi connectivity index (χ1) is 29.8. The predicted molar refractivity (Wildman–Crippen MR) is 239 cm³/mol. The minimum Gasteiger partial charge on any atom is -0.487 e. The summed E-state index contributed by atoms with van der Waals surface area (Å²) in [4.78, 5) is 73.7. The number of nitrogens with one attached hydrogen (secondary N) is 1. The molecule has 358 valence electrons. The van der Waals surface area contributed by atoms with Crippen molar-refractivity contribution in [1.29, 1.82) is 0 Å². The average Bonchev–Trinajstić information content (AvgIpc) is 3.89. The molecule has 6 atom stereocenters. The molecule has 2 amide bonds. The molecule has 3 saturated carbocycles. The molecule has 0 spiro atoms. The molecule has 65 heavy (non-hydrogen) atoms. The summed E-state index contributed by atoms with van der Waals surface area (Å²) in [6.45, 7) is 27.5. The Morgan fingerprint density at radius 1 is 0.877 bits per heavy atom. The molecule has 3 aliphatic carbocycles. The molecule has 2 saturated heterocycles. The lowest BCUT2D eigenvalue weighted by Crippen LogP contribution is -2.65. The Bertz CT molecular complexity index is 2150.